The average molecular weight is 326 g/mol. The summed E-state index contributed by atoms with van der Waals surface area (Å²) in [6.07, 6.45) is 1.89. The van der Waals surface area contributed by atoms with Gasteiger partial charge in [0, 0.05) is 22.3 Å². The number of nitrogens with one attached hydrogen (secondary N) is 1. The zero-order valence-corrected chi connectivity index (χ0v) is 12.9. The van der Waals surface area contributed by atoms with E-state index in [1.54, 1.807) is 6.07 Å². The van der Waals surface area contributed by atoms with Crippen molar-refractivity contribution in [3.05, 3.63) is 33.7 Å². The number of aryl methyl sites for hydroxylation is 1. The number of aromatic nitrogens is 2. The molecule has 0 fully saturated rings. The van der Waals surface area contributed by atoms with Crippen LogP contribution in [0.15, 0.2) is 21.3 Å². The van der Waals surface area contributed by atoms with Crippen LogP contribution >= 0.6 is 15.9 Å². The van der Waals surface area contributed by atoms with Gasteiger partial charge in [-0.2, -0.15) is 0 Å². The topological polar surface area (TPSA) is 60.1 Å². The van der Waals surface area contributed by atoms with E-state index in [1.165, 1.54) is 0 Å². The molecule has 1 amide bonds. The highest BCUT2D eigenvalue weighted by Gasteiger charge is 2.18. The number of hydrogen-bond acceptors (Lipinski definition) is 3. The lowest BCUT2D eigenvalue weighted by Crippen LogP contribution is -2.17. The Morgan fingerprint density at radius 2 is 2.16 bits per heavy atom. The summed E-state index contributed by atoms with van der Waals surface area (Å²) in [7, 11) is 0. The van der Waals surface area contributed by atoms with Crippen LogP contribution < -0.4 is 5.32 Å². The molecule has 2 rings (SSSR count). The molecule has 19 heavy (non-hydrogen) atoms. The van der Waals surface area contributed by atoms with Gasteiger partial charge in [0.2, 0.25) is 5.88 Å². The molecule has 1 N–H and O–H groups in total. The van der Waals surface area contributed by atoms with Crippen molar-refractivity contribution in [2.24, 2.45) is 0 Å². The molecule has 0 bridgehead atoms. The molecule has 2 aromatic heterocycles. The molecule has 0 aliphatic rings. The molecular weight excluding hydrogens is 310 g/mol. The Balaban J connectivity index is 2.28. The molecule has 6 heteroatoms. The first-order chi connectivity index (χ1) is 8.90. The van der Waals surface area contributed by atoms with Gasteiger partial charge in [0.25, 0.3) is 5.91 Å². The molecule has 0 aliphatic carbocycles. The van der Waals surface area contributed by atoms with Gasteiger partial charge in [-0.05, 0) is 49.7 Å². The molecule has 0 saturated carbocycles. The standard InChI is InChI=1S/C13H16BrN3O2/c1-7(2)17-6-10(14)5-11(17)12(18)15-13-8(3)9(4)16-19-13/h5-7H,1-4H3,(H,15,18). The van der Waals surface area contributed by atoms with Crippen molar-refractivity contribution in [1.82, 2.24) is 9.72 Å². The minimum atomic E-state index is -0.210. The predicted octanol–water partition coefficient (Wildman–Crippen LogP) is 3.69. The van der Waals surface area contributed by atoms with E-state index in [1.807, 2.05) is 38.5 Å². The van der Waals surface area contributed by atoms with Crippen molar-refractivity contribution in [2.75, 3.05) is 5.32 Å². The van der Waals surface area contributed by atoms with E-state index in [9.17, 15) is 4.79 Å². The number of carbonyl (C=O) groups is 1. The summed E-state index contributed by atoms with van der Waals surface area (Å²) in [6, 6.07) is 1.98. The van der Waals surface area contributed by atoms with Crippen molar-refractivity contribution in [3.8, 4) is 0 Å². The van der Waals surface area contributed by atoms with Gasteiger partial charge in [-0.1, -0.05) is 5.16 Å². The van der Waals surface area contributed by atoms with E-state index >= 15 is 0 Å². The quantitative estimate of drug-likeness (QED) is 0.936. The molecule has 5 nitrogen and oxygen atoms in total. The molecular formula is C13H16BrN3O2. The molecule has 0 saturated heterocycles. The molecule has 2 heterocycles. The van der Waals surface area contributed by atoms with Crippen LogP contribution in [0.2, 0.25) is 0 Å². The molecule has 0 atom stereocenters. The van der Waals surface area contributed by atoms with Gasteiger partial charge >= 0.3 is 0 Å². The number of nitrogens with zero attached hydrogens (tertiary/aromatic N) is 2. The highest BCUT2D eigenvalue weighted by atomic mass is 79.9. The number of halogens is 1. The summed E-state index contributed by atoms with van der Waals surface area (Å²) >= 11 is 3.39. The summed E-state index contributed by atoms with van der Waals surface area (Å²) in [6.45, 7) is 7.74. The summed E-state index contributed by atoms with van der Waals surface area (Å²) in [5, 5.41) is 6.57. The molecule has 2 aromatic rings. The molecule has 0 aliphatic heterocycles. The lowest BCUT2D eigenvalue weighted by molar-refractivity contribution is 0.101. The van der Waals surface area contributed by atoms with Crippen molar-refractivity contribution < 1.29 is 9.32 Å². The van der Waals surface area contributed by atoms with Crippen LogP contribution in [0.1, 0.15) is 41.6 Å². The lowest BCUT2D eigenvalue weighted by atomic mass is 10.3. The van der Waals surface area contributed by atoms with Crippen molar-refractivity contribution >= 4 is 27.7 Å². The summed E-state index contributed by atoms with van der Waals surface area (Å²) in [5.41, 5.74) is 2.20. The van der Waals surface area contributed by atoms with E-state index in [0.717, 1.165) is 15.7 Å². The zero-order valence-electron chi connectivity index (χ0n) is 11.3. The van der Waals surface area contributed by atoms with E-state index in [-0.39, 0.29) is 11.9 Å². The van der Waals surface area contributed by atoms with Gasteiger partial charge in [-0.3, -0.25) is 10.1 Å². The molecule has 102 valence electrons. The second-order valence-corrected chi connectivity index (χ2v) is 5.64. The van der Waals surface area contributed by atoms with Crippen molar-refractivity contribution in [3.63, 3.8) is 0 Å². The highest BCUT2D eigenvalue weighted by Crippen LogP contribution is 2.22. The van der Waals surface area contributed by atoms with Gasteiger partial charge in [0.05, 0.1) is 5.69 Å². The number of amides is 1. The average Bonchev–Trinajstić information content (AvgIpc) is 2.87. The van der Waals surface area contributed by atoms with Crippen LogP contribution in [0.3, 0.4) is 0 Å². The molecule has 0 radical (unpaired) electrons. The van der Waals surface area contributed by atoms with Crippen LogP contribution in [0.5, 0.6) is 0 Å². The monoisotopic (exact) mass is 325 g/mol. The minimum Gasteiger partial charge on any atom is -0.340 e. The van der Waals surface area contributed by atoms with E-state index in [0.29, 0.717) is 11.6 Å². The fourth-order valence-electron chi connectivity index (χ4n) is 1.75. The molecule has 0 unspecified atom stereocenters. The van der Waals surface area contributed by atoms with Gasteiger partial charge in [0.15, 0.2) is 0 Å². The number of hydrogen-bond donors (Lipinski definition) is 1. The van der Waals surface area contributed by atoms with Crippen LogP contribution in [-0.4, -0.2) is 15.6 Å². The van der Waals surface area contributed by atoms with Crippen LogP contribution in [0, 0.1) is 13.8 Å². The normalized spacial score (nSPS) is 11.1. The van der Waals surface area contributed by atoms with Crippen LogP contribution in [0.4, 0.5) is 5.88 Å². The third-order valence-electron chi connectivity index (χ3n) is 2.99. The Morgan fingerprint density at radius 1 is 1.47 bits per heavy atom. The van der Waals surface area contributed by atoms with Gasteiger partial charge in [-0.15, -0.1) is 0 Å². The number of anilines is 1. The maximum atomic E-state index is 12.3. The Bertz CT molecular complexity index is 613. The van der Waals surface area contributed by atoms with Gasteiger partial charge in [-0.25, -0.2) is 0 Å². The first-order valence-electron chi connectivity index (χ1n) is 6.01. The number of rotatable bonds is 3. The first-order valence-corrected chi connectivity index (χ1v) is 6.81. The second-order valence-electron chi connectivity index (χ2n) is 4.72. The van der Waals surface area contributed by atoms with Gasteiger partial charge < -0.3 is 9.09 Å². The second kappa shape index (κ2) is 5.21. The summed E-state index contributed by atoms with van der Waals surface area (Å²) < 4.78 is 7.86. The van der Waals surface area contributed by atoms with Gasteiger partial charge in [0.1, 0.15) is 5.69 Å². The fraction of sp³-hybridized carbons (Fsp3) is 0.385. The van der Waals surface area contributed by atoms with Crippen molar-refractivity contribution in [2.45, 2.75) is 33.7 Å². The third kappa shape index (κ3) is 2.73. The zero-order chi connectivity index (χ0) is 14.2. The van der Waals surface area contributed by atoms with E-state index in [2.05, 4.69) is 26.4 Å². The SMILES string of the molecule is Cc1noc(NC(=O)c2cc(Br)cn2C(C)C)c1C. The Morgan fingerprint density at radius 3 is 2.68 bits per heavy atom. The van der Waals surface area contributed by atoms with E-state index < -0.39 is 0 Å². The minimum absolute atomic E-state index is 0.199. The summed E-state index contributed by atoms with van der Waals surface area (Å²) in [5.74, 6) is 0.189. The Hall–Kier alpha value is -1.56. The fourth-order valence-corrected chi connectivity index (χ4v) is 2.19. The lowest BCUT2D eigenvalue weighted by Gasteiger charge is -2.11. The maximum Gasteiger partial charge on any atom is 0.274 e. The number of carbonyl (C=O) groups excluding carboxylic acids is 1. The maximum absolute atomic E-state index is 12.3. The Kier molecular flexibility index (Phi) is 3.80. The largest absolute Gasteiger partial charge is 0.340 e. The first kappa shape index (κ1) is 13.9. The molecule has 0 spiro atoms. The third-order valence-corrected chi connectivity index (χ3v) is 3.42. The van der Waals surface area contributed by atoms with Crippen LogP contribution in [-0.2, 0) is 0 Å². The molecule has 0 aromatic carbocycles. The summed E-state index contributed by atoms with van der Waals surface area (Å²) in [4.78, 5) is 12.3. The Labute approximate surface area is 120 Å². The smallest absolute Gasteiger partial charge is 0.274 e. The van der Waals surface area contributed by atoms with Crippen molar-refractivity contribution in [1.29, 1.82) is 0 Å². The van der Waals surface area contributed by atoms with Crippen LogP contribution in [0.25, 0.3) is 0 Å². The van der Waals surface area contributed by atoms with E-state index in [4.69, 9.17) is 4.52 Å². The predicted molar refractivity (Wildman–Crippen MR) is 76.4 cm³/mol. The highest BCUT2D eigenvalue weighted by molar-refractivity contribution is 9.10.